The molecular formula is C14H17ClN2O4. The van der Waals surface area contributed by atoms with E-state index in [-0.39, 0.29) is 17.7 Å². The second-order valence-electron chi connectivity index (χ2n) is 5.18. The van der Waals surface area contributed by atoms with Crippen molar-refractivity contribution < 1.29 is 19.5 Å². The minimum Gasteiger partial charge on any atom is -0.481 e. The summed E-state index contributed by atoms with van der Waals surface area (Å²) in [6, 6.07) is 4.46. The Labute approximate surface area is 127 Å². The van der Waals surface area contributed by atoms with Crippen LogP contribution in [0.1, 0.15) is 30.6 Å². The van der Waals surface area contributed by atoms with Gasteiger partial charge in [-0.3, -0.25) is 14.4 Å². The van der Waals surface area contributed by atoms with E-state index < -0.39 is 23.2 Å². The molecule has 0 radical (unpaired) electrons. The van der Waals surface area contributed by atoms with Gasteiger partial charge in [0.15, 0.2) is 0 Å². The van der Waals surface area contributed by atoms with E-state index in [0.717, 1.165) is 0 Å². The van der Waals surface area contributed by atoms with Crippen molar-refractivity contribution in [3.05, 3.63) is 28.8 Å². The molecule has 0 saturated heterocycles. The molecule has 0 aliphatic carbocycles. The molecule has 0 heterocycles. The van der Waals surface area contributed by atoms with Gasteiger partial charge in [-0.2, -0.15) is 0 Å². The number of carbonyl (C=O) groups is 3. The second-order valence-corrected chi connectivity index (χ2v) is 5.62. The van der Waals surface area contributed by atoms with E-state index in [9.17, 15) is 14.4 Å². The summed E-state index contributed by atoms with van der Waals surface area (Å²) < 4.78 is 0. The zero-order valence-corrected chi connectivity index (χ0v) is 12.7. The molecule has 114 valence electrons. The third kappa shape index (κ3) is 4.46. The van der Waals surface area contributed by atoms with Crippen LogP contribution in [0.5, 0.6) is 0 Å². The fourth-order valence-corrected chi connectivity index (χ4v) is 1.79. The number of anilines is 1. The quantitative estimate of drug-likeness (QED) is 0.776. The van der Waals surface area contributed by atoms with Gasteiger partial charge in [-0.05, 0) is 32.0 Å². The molecule has 2 amide bonds. The number of aliphatic carboxylic acids is 1. The predicted octanol–water partition coefficient (Wildman–Crippen LogP) is 2.14. The van der Waals surface area contributed by atoms with Crippen molar-refractivity contribution in [2.24, 2.45) is 5.41 Å². The van der Waals surface area contributed by atoms with Gasteiger partial charge in [0.05, 0.1) is 16.7 Å². The fourth-order valence-electron chi connectivity index (χ4n) is 1.62. The van der Waals surface area contributed by atoms with Gasteiger partial charge in [-0.25, -0.2) is 0 Å². The molecule has 0 atom stereocenters. The molecule has 6 nitrogen and oxygen atoms in total. The first-order valence-electron chi connectivity index (χ1n) is 6.22. The number of nitrogens with one attached hydrogen (secondary N) is 2. The van der Waals surface area contributed by atoms with Crippen LogP contribution in [-0.4, -0.2) is 29.9 Å². The molecule has 0 spiro atoms. The Bertz CT molecular complexity index is 584. The van der Waals surface area contributed by atoms with Gasteiger partial charge in [0, 0.05) is 18.5 Å². The number of carboxylic acid groups (broad SMARTS) is 1. The summed E-state index contributed by atoms with van der Waals surface area (Å²) in [7, 11) is 1.46. The number of carbonyl (C=O) groups excluding carboxylic acids is 2. The smallest absolute Gasteiger partial charge is 0.309 e. The summed E-state index contributed by atoms with van der Waals surface area (Å²) in [5.41, 5.74) is -0.694. The van der Waals surface area contributed by atoms with Crippen molar-refractivity contribution in [1.82, 2.24) is 5.32 Å². The average Bonchev–Trinajstić information content (AvgIpc) is 2.39. The Balaban J connectivity index is 2.95. The Morgan fingerprint density at radius 3 is 2.43 bits per heavy atom. The van der Waals surface area contributed by atoms with Crippen molar-refractivity contribution in [2.45, 2.75) is 20.3 Å². The van der Waals surface area contributed by atoms with Gasteiger partial charge in [0.25, 0.3) is 5.91 Å². The van der Waals surface area contributed by atoms with Crippen molar-refractivity contribution >= 4 is 35.1 Å². The van der Waals surface area contributed by atoms with Crippen LogP contribution in [0.15, 0.2) is 18.2 Å². The summed E-state index contributed by atoms with van der Waals surface area (Å²) >= 11 is 5.83. The minimum atomic E-state index is -1.19. The van der Waals surface area contributed by atoms with Crippen LogP contribution < -0.4 is 10.6 Å². The molecule has 7 heteroatoms. The summed E-state index contributed by atoms with van der Waals surface area (Å²) in [4.78, 5) is 34.7. The van der Waals surface area contributed by atoms with Gasteiger partial charge in [-0.1, -0.05) is 11.6 Å². The highest BCUT2D eigenvalue weighted by molar-refractivity contribution is 6.31. The molecule has 0 saturated carbocycles. The van der Waals surface area contributed by atoms with Crippen LogP contribution in [0, 0.1) is 5.41 Å². The van der Waals surface area contributed by atoms with Crippen LogP contribution in [0.4, 0.5) is 5.69 Å². The van der Waals surface area contributed by atoms with Gasteiger partial charge < -0.3 is 15.7 Å². The monoisotopic (exact) mass is 312 g/mol. The van der Waals surface area contributed by atoms with Gasteiger partial charge in [-0.15, -0.1) is 0 Å². The number of hydrogen-bond acceptors (Lipinski definition) is 3. The zero-order valence-electron chi connectivity index (χ0n) is 12.0. The van der Waals surface area contributed by atoms with Crippen molar-refractivity contribution in [2.75, 3.05) is 12.4 Å². The molecule has 1 aromatic carbocycles. The molecule has 0 fully saturated rings. The van der Waals surface area contributed by atoms with Crippen molar-refractivity contribution in [1.29, 1.82) is 0 Å². The van der Waals surface area contributed by atoms with Crippen LogP contribution >= 0.6 is 11.6 Å². The van der Waals surface area contributed by atoms with Crippen molar-refractivity contribution in [3.8, 4) is 0 Å². The predicted molar refractivity (Wildman–Crippen MR) is 79.5 cm³/mol. The standard InChI is InChI=1S/C14H17ClN2O4/c1-14(2,13(20)21)7-11(18)17-10-5-4-8(15)6-9(10)12(19)16-3/h4-6H,7H2,1-3H3,(H,16,19)(H,17,18)(H,20,21). The fraction of sp³-hybridized carbons (Fsp3) is 0.357. The molecule has 0 aliphatic rings. The normalized spacial score (nSPS) is 10.9. The summed E-state index contributed by atoms with van der Waals surface area (Å²) in [6.45, 7) is 2.91. The van der Waals surface area contributed by atoms with E-state index >= 15 is 0 Å². The third-order valence-electron chi connectivity index (χ3n) is 2.91. The Kier molecular flexibility index (Phi) is 5.32. The minimum absolute atomic E-state index is 0.210. The lowest BCUT2D eigenvalue weighted by Gasteiger charge is -2.19. The zero-order chi connectivity index (χ0) is 16.2. The van der Waals surface area contributed by atoms with Gasteiger partial charge in [0.2, 0.25) is 5.91 Å². The lowest BCUT2D eigenvalue weighted by molar-refractivity contribution is -0.148. The highest BCUT2D eigenvalue weighted by Gasteiger charge is 2.30. The summed E-state index contributed by atoms with van der Waals surface area (Å²) in [5.74, 6) is -1.96. The number of amides is 2. The van der Waals surface area contributed by atoms with Crippen LogP contribution in [0.3, 0.4) is 0 Å². The van der Waals surface area contributed by atoms with E-state index in [0.29, 0.717) is 5.02 Å². The highest BCUT2D eigenvalue weighted by atomic mass is 35.5. The molecule has 1 rings (SSSR count). The third-order valence-corrected chi connectivity index (χ3v) is 3.14. The lowest BCUT2D eigenvalue weighted by atomic mass is 9.89. The van der Waals surface area contributed by atoms with Gasteiger partial charge in [0.1, 0.15) is 0 Å². The molecule has 0 unspecified atom stereocenters. The molecule has 3 N–H and O–H groups in total. The number of hydrogen-bond donors (Lipinski definition) is 3. The largest absolute Gasteiger partial charge is 0.481 e. The molecule has 0 aliphatic heterocycles. The number of rotatable bonds is 5. The van der Waals surface area contributed by atoms with Gasteiger partial charge >= 0.3 is 5.97 Å². The first-order valence-corrected chi connectivity index (χ1v) is 6.60. The summed E-state index contributed by atoms with van der Waals surface area (Å²) in [6.07, 6.45) is -0.210. The van der Waals surface area contributed by atoms with E-state index in [1.165, 1.54) is 39.1 Å². The van der Waals surface area contributed by atoms with E-state index in [1.54, 1.807) is 0 Å². The molecule has 21 heavy (non-hydrogen) atoms. The maximum absolute atomic E-state index is 11.9. The van der Waals surface area contributed by atoms with E-state index in [1.807, 2.05) is 0 Å². The van der Waals surface area contributed by atoms with Crippen LogP contribution in [0.25, 0.3) is 0 Å². The SMILES string of the molecule is CNC(=O)c1cc(Cl)ccc1NC(=O)CC(C)(C)C(=O)O. The van der Waals surface area contributed by atoms with Crippen LogP contribution in [0.2, 0.25) is 5.02 Å². The Morgan fingerprint density at radius 1 is 1.29 bits per heavy atom. The Morgan fingerprint density at radius 2 is 1.90 bits per heavy atom. The van der Waals surface area contributed by atoms with Crippen LogP contribution in [-0.2, 0) is 9.59 Å². The number of halogens is 1. The highest BCUT2D eigenvalue weighted by Crippen LogP contribution is 2.24. The van der Waals surface area contributed by atoms with E-state index in [4.69, 9.17) is 16.7 Å². The first kappa shape index (κ1) is 17.0. The number of benzene rings is 1. The molecular weight excluding hydrogens is 296 g/mol. The first-order chi connectivity index (χ1) is 9.67. The summed E-state index contributed by atoms with van der Waals surface area (Å²) in [5, 5.41) is 14.4. The number of carboxylic acids is 1. The maximum Gasteiger partial charge on any atom is 0.309 e. The topological polar surface area (TPSA) is 95.5 Å². The average molecular weight is 313 g/mol. The lowest BCUT2D eigenvalue weighted by Crippen LogP contribution is -2.30. The maximum atomic E-state index is 11.9. The Hall–Kier alpha value is -2.08. The molecule has 1 aromatic rings. The van der Waals surface area contributed by atoms with E-state index in [2.05, 4.69) is 10.6 Å². The molecule has 0 aromatic heterocycles. The van der Waals surface area contributed by atoms with Crippen molar-refractivity contribution in [3.63, 3.8) is 0 Å². The second kappa shape index (κ2) is 6.58. The molecule has 0 bridgehead atoms.